The van der Waals surface area contributed by atoms with Crippen LogP contribution in [-0.2, 0) is 26.5 Å². The van der Waals surface area contributed by atoms with Crippen molar-refractivity contribution in [2.75, 3.05) is 21.3 Å². The fourth-order valence-corrected chi connectivity index (χ4v) is 7.44. The molecule has 1 amide bonds. The summed E-state index contributed by atoms with van der Waals surface area (Å²) in [7, 11) is 5.05. The number of hydrogen-bond donors (Lipinski definition) is 1. The zero-order chi connectivity index (χ0) is 29.4. The summed E-state index contributed by atoms with van der Waals surface area (Å²) in [6, 6.07) is 16.4. The van der Waals surface area contributed by atoms with Crippen LogP contribution in [0.5, 0.6) is 0 Å². The summed E-state index contributed by atoms with van der Waals surface area (Å²) in [5, 5.41) is 15.7. The Kier molecular flexibility index (Phi) is 6.65. The first kappa shape index (κ1) is 27.7. The monoisotopic (exact) mass is 557 g/mol. The molecule has 1 fully saturated rings. The molecule has 0 radical (unpaired) electrons. The maximum atomic E-state index is 13.7. The van der Waals surface area contributed by atoms with Crippen molar-refractivity contribution >= 4 is 49.5 Å². The van der Waals surface area contributed by atoms with Crippen LogP contribution >= 0.6 is 0 Å². The molecule has 0 saturated carbocycles. The topological polar surface area (TPSA) is 78.1 Å². The van der Waals surface area contributed by atoms with Gasteiger partial charge in [0.25, 0.3) is 5.91 Å². The summed E-state index contributed by atoms with van der Waals surface area (Å²) in [5.41, 5.74) is 4.56. The Morgan fingerprint density at radius 1 is 0.902 bits per heavy atom. The number of ether oxygens (including phenoxy) is 3. The molecular weight excluding hydrogens is 518 g/mol. The van der Waals surface area contributed by atoms with E-state index in [2.05, 4.69) is 33.4 Å². The second-order valence-corrected chi connectivity index (χ2v) is 10.6. The van der Waals surface area contributed by atoms with Gasteiger partial charge in [-0.1, -0.05) is 64.1 Å². The largest absolute Gasteiger partial charge is 0.387 e. The Labute approximate surface area is 240 Å². The molecule has 1 saturated heterocycles. The van der Waals surface area contributed by atoms with Crippen molar-refractivity contribution in [2.45, 2.75) is 71.4 Å². The first-order valence-electron chi connectivity index (χ1n) is 14.6. The lowest BCUT2D eigenvalue weighted by Crippen LogP contribution is -2.62. The number of rotatable bonds is 2. The third-order valence-corrected chi connectivity index (χ3v) is 8.86. The molecule has 216 valence electrons. The molecule has 0 spiro atoms. The van der Waals surface area contributed by atoms with Gasteiger partial charge in [-0.05, 0) is 24.6 Å². The SMILES string of the molecule is CC.CC.COC1[C@H](O)C(OC)[C@]2(C)O[C@H]1n1c3ccccc3c3c4c(c5c6ccccc6n2c5c31)CN(C)C4=O. The van der Waals surface area contributed by atoms with Crippen molar-refractivity contribution in [3.8, 4) is 0 Å². The average molecular weight is 558 g/mol. The third-order valence-electron chi connectivity index (χ3n) is 8.86. The molecule has 0 aliphatic carbocycles. The summed E-state index contributed by atoms with van der Waals surface area (Å²) in [6.45, 7) is 10.5. The number of carbonyl (C=O) groups is 1. The fraction of sp³-hybridized carbons (Fsp3) is 0.424. The molecule has 5 atom stereocenters. The van der Waals surface area contributed by atoms with Crippen LogP contribution in [0.15, 0.2) is 48.5 Å². The van der Waals surface area contributed by atoms with E-state index in [0.29, 0.717) is 6.54 Å². The number of hydrogen-bond acceptors (Lipinski definition) is 5. The van der Waals surface area contributed by atoms with Gasteiger partial charge in [-0.2, -0.15) is 0 Å². The quantitative estimate of drug-likeness (QED) is 0.282. The Morgan fingerprint density at radius 3 is 2.15 bits per heavy atom. The molecule has 3 aliphatic heterocycles. The number of para-hydroxylation sites is 2. The minimum absolute atomic E-state index is 0.0223. The van der Waals surface area contributed by atoms with Crippen molar-refractivity contribution in [2.24, 2.45) is 0 Å². The van der Waals surface area contributed by atoms with Gasteiger partial charge in [-0.3, -0.25) is 4.79 Å². The van der Waals surface area contributed by atoms with E-state index < -0.39 is 30.3 Å². The first-order valence-corrected chi connectivity index (χ1v) is 14.6. The highest BCUT2D eigenvalue weighted by Crippen LogP contribution is 2.54. The van der Waals surface area contributed by atoms with Gasteiger partial charge in [0.1, 0.15) is 18.3 Å². The normalized spacial score (nSPS) is 26.3. The van der Waals surface area contributed by atoms with E-state index in [1.54, 1.807) is 19.1 Å². The number of aromatic nitrogens is 2. The molecule has 3 aromatic carbocycles. The lowest BCUT2D eigenvalue weighted by atomic mass is 9.93. The molecule has 5 aromatic rings. The van der Waals surface area contributed by atoms with Crippen LogP contribution in [0.1, 0.15) is 56.8 Å². The summed E-state index contributed by atoms with van der Waals surface area (Å²) in [6.07, 6.45) is -2.99. The van der Waals surface area contributed by atoms with Gasteiger partial charge in [-0.15, -0.1) is 0 Å². The second kappa shape index (κ2) is 9.84. The van der Waals surface area contributed by atoms with E-state index in [1.165, 1.54) is 0 Å². The molecule has 8 rings (SSSR count). The highest BCUT2D eigenvalue weighted by Gasteiger charge is 2.57. The lowest BCUT2D eigenvalue weighted by molar-refractivity contribution is -0.317. The molecular formula is C33H39N3O5. The van der Waals surface area contributed by atoms with Gasteiger partial charge in [0.15, 0.2) is 12.0 Å². The highest BCUT2D eigenvalue weighted by molar-refractivity contribution is 6.30. The van der Waals surface area contributed by atoms with Crippen LogP contribution in [-0.4, -0.2) is 64.6 Å². The van der Waals surface area contributed by atoms with Gasteiger partial charge < -0.3 is 33.4 Å². The summed E-state index contributed by atoms with van der Waals surface area (Å²) < 4.78 is 23.2. The Bertz CT molecular complexity index is 1820. The average Bonchev–Trinajstić information content (AvgIpc) is 3.60. The maximum Gasteiger partial charge on any atom is 0.254 e. The van der Waals surface area contributed by atoms with Crippen molar-refractivity contribution < 1.29 is 24.1 Å². The van der Waals surface area contributed by atoms with E-state index in [9.17, 15) is 9.90 Å². The number of methoxy groups -OCH3 is 2. The van der Waals surface area contributed by atoms with E-state index in [0.717, 1.165) is 54.7 Å². The minimum Gasteiger partial charge on any atom is -0.387 e. The van der Waals surface area contributed by atoms with Crippen LogP contribution < -0.4 is 0 Å². The molecule has 2 bridgehead atoms. The molecule has 8 nitrogen and oxygen atoms in total. The van der Waals surface area contributed by atoms with Gasteiger partial charge >= 0.3 is 0 Å². The molecule has 41 heavy (non-hydrogen) atoms. The van der Waals surface area contributed by atoms with Gasteiger partial charge in [0.2, 0.25) is 0 Å². The van der Waals surface area contributed by atoms with Crippen molar-refractivity contribution in [1.29, 1.82) is 0 Å². The predicted molar refractivity (Wildman–Crippen MR) is 162 cm³/mol. The summed E-state index contributed by atoms with van der Waals surface area (Å²) >= 11 is 0. The number of carbonyl (C=O) groups excluding carboxylic acids is 1. The number of aliphatic hydroxyl groups excluding tert-OH is 1. The third kappa shape index (κ3) is 3.27. The summed E-state index contributed by atoms with van der Waals surface area (Å²) in [5.74, 6) is 0.0223. The van der Waals surface area contributed by atoms with E-state index in [-0.39, 0.29) is 5.91 Å². The number of amides is 1. The van der Waals surface area contributed by atoms with E-state index in [4.69, 9.17) is 14.2 Å². The second-order valence-electron chi connectivity index (χ2n) is 10.6. The Morgan fingerprint density at radius 2 is 1.51 bits per heavy atom. The number of aliphatic hydroxyl groups is 1. The van der Waals surface area contributed by atoms with Gasteiger partial charge in [-0.25, -0.2) is 0 Å². The number of fused-ring (bicyclic) bond motifs is 13. The van der Waals surface area contributed by atoms with Gasteiger partial charge in [0, 0.05) is 49.4 Å². The highest BCUT2D eigenvalue weighted by atomic mass is 16.6. The van der Waals surface area contributed by atoms with Gasteiger partial charge in [0.05, 0.1) is 27.6 Å². The Balaban J connectivity index is 0.000000726. The van der Waals surface area contributed by atoms with Crippen molar-refractivity contribution in [1.82, 2.24) is 14.0 Å². The predicted octanol–water partition coefficient (Wildman–Crippen LogP) is 6.15. The molecule has 2 unspecified atom stereocenters. The van der Waals surface area contributed by atoms with Crippen LogP contribution in [0.25, 0.3) is 43.6 Å². The molecule has 3 aliphatic rings. The smallest absolute Gasteiger partial charge is 0.254 e. The molecule has 5 heterocycles. The van der Waals surface area contributed by atoms with Crippen LogP contribution in [0.4, 0.5) is 0 Å². The zero-order valence-corrected chi connectivity index (χ0v) is 25.1. The Hall–Kier alpha value is -3.43. The zero-order valence-electron chi connectivity index (χ0n) is 25.1. The minimum atomic E-state index is -1.05. The van der Waals surface area contributed by atoms with E-state index >= 15 is 0 Å². The van der Waals surface area contributed by atoms with Crippen LogP contribution in [0, 0.1) is 0 Å². The van der Waals surface area contributed by atoms with Crippen molar-refractivity contribution in [3.05, 3.63) is 59.7 Å². The lowest BCUT2D eigenvalue weighted by Gasteiger charge is -2.49. The molecule has 1 N–H and O–H groups in total. The summed E-state index contributed by atoms with van der Waals surface area (Å²) in [4.78, 5) is 15.5. The molecule has 8 heteroatoms. The van der Waals surface area contributed by atoms with E-state index in [1.807, 2.05) is 65.9 Å². The fourth-order valence-electron chi connectivity index (χ4n) is 7.44. The maximum absolute atomic E-state index is 13.7. The number of benzene rings is 3. The number of nitrogens with zero attached hydrogens (tertiary/aromatic N) is 3. The molecule has 2 aromatic heterocycles. The first-order chi connectivity index (χ1) is 19.9. The standard InChI is InChI=1S/C29H27N3O5.2C2H6/c1-29-26(36-4)24(33)25(35-3)28(37-29)31-17-11-7-5-9-14(17)20-21-16(13-30(2)27(21)34)19-15-10-6-8-12-18(15)32(29)23(19)22(20)31;2*1-2/h5-12,24-26,28,33H,13H2,1-4H3;2*1-2H3/t24-,25?,26?,28+,29-;;/m0../s1. The van der Waals surface area contributed by atoms with Crippen LogP contribution in [0.3, 0.4) is 0 Å². The van der Waals surface area contributed by atoms with Crippen LogP contribution in [0.2, 0.25) is 0 Å². The van der Waals surface area contributed by atoms with Crippen molar-refractivity contribution in [3.63, 3.8) is 0 Å².